The number of rotatable bonds is 5. The molecule has 0 amide bonds. The first-order valence-corrected chi connectivity index (χ1v) is 19.9. The van der Waals surface area contributed by atoms with Gasteiger partial charge < -0.3 is 4.42 Å². The van der Waals surface area contributed by atoms with Crippen LogP contribution < -0.4 is 0 Å². The third kappa shape index (κ3) is 5.42. The molecule has 10 aromatic carbocycles. The van der Waals surface area contributed by atoms with Gasteiger partial charge in [0, 0.05) is 27.5 Å². The van der Waals surface area contributed by atoms with Gasteiger partial charge in [-0.1, -0.05) is 176 Å². The Morgan fingerprint density at radius 3 is 1.61 bits per heavy atom. The molecular formula is C55H33N3O. The highest BCUT2D eigenvalue weighted by Gasteiger charge is 2.20. The monoisotopic (exact) mass is 751 g/mol. The Morgan fingerprint density at radius 1 is 0.271 bits per heavy atom. The van der Waals surface area contributed by atoms with Crippen molar-refractivity contribution in [3.8, 4) is 56.4 Å². The van der Waals surface area contributed by atoms with E-state index in [0.29, 0.717) is 17.5 Å². The molecule has 0 aliphatic rings. The number of aromatic nitrogens is 3. The zero-order valence-electron chi connectivity index (χ0n) is 31.8. The van der Waals surface area contributed by atoms with E-state index in [-0.39, 0.29) is 0 Å². The van der Waals surface area contributed by atoms with E-state index in [1.54, 1.807) is 0 Å². The molecule has 0 aliphatic heterocycles. The second kappa shape index (κ2) is 13.3. The van der Waals surface area contributed by atoms with Gasteiger partial charge in [0.15, 0.2) is 17.5 Å². The van der Waals surface area contributed by atoms with Crippen molar-refractivity contribution in [2.24, 2.45) is 0 Å². The summed E-state index contributed by atoms with van der Waals surface area (Å²) in [5, 5.41) is 11.4. The van der Waals surface area contributed by atoms with Crippen molar-refractivity contribution < 1.29 is 4.42 Å². The van der Waals surface area contributed by atoms with Crippen molar-refractivity contribution in [1.82, 2.24) is 15.0 Å². The normalized spacial score (nSPS) is 11.7. The van der Waals surface area contributed by atoms with Crippen LogP contribution in [-0.2, 0) is 0 Å². The number of hydrogen-bond acceptors (Lipinski definition) is 4. The zero-order valence-corrected chi connectivity index (χ0v) is 31.8. The van der Waals surface area contributed by atoms with Gasteiger partial charge in [-0.2, -0.15) is 0 Å². The van der Waals surface area contributed by atoms with Crippen LogP contribution in [0.3, 0.4) is 0 Å². The van der Waals surface area contributed by atoms with Gasteiger partial charge in [0.2, 0.25) is 0 Å². The third-order valence-corrected chi connectivity index (χ3v) is 11.7. The van der Waals surface area contributed by atoms with Gasteiger partial charge in [-0.15, -0.1) is 0 Å². The van der Waals surface area contributed by atoms with Crippen LogP contribution in [0.4, 0.5) is 0 Å². The maximum absolute atomic E-state index is 6.31. The molecule has 4 heteroatoms. The topological polar surface area (TPSA) is 51.8 Å². The third-order valence-electron chi connectivity index (χ3n) is 11.7. The molecule has 0 spiro atoms. The zero-order chi connectivity index (χ0) is 38.9. The van der Waals surface area contributed by atoms with E-state index in [1.165, 1.54) is 27.3 Å². The van der Waals surface area contributed by atoms with Gasteiger partial charge in [-0.05, 0) is 89.6 Å². The molecule has 274 valence electrons. The molecule has 0 saturated carbocycles. The molecule has 0 atom stereocenters. The standard InChI is InChI=1S/C55H33N3O/c1-2-13-34(14-3-1)39-31-32-48(44-18-7-6-17-41(39)44)55-57-53(37-29-30-40-36(33-37)28-27-35-15-4-5-16-38(35)40)56-54(58-55)47-24-11-20-42-43(21-10-22-45(42)47)46-23-12-26-51-52(46)49-19-8-9-25-50(49)59-51/h1-33H. The minimum absolute atomic E-state index is 0.620. The summed E-state index contributed by atoms with van der Waals surface area (Å²) >= 11 is 0. The van der Waals surface area contributed by atoms with Crippen molar-refractivity contribution in [3.63, 3.8) is 0 Å². The predicted octanol–water partition coefficient (Wildman–Crippen LogP) is 14.7. The maximum Gasteiger partial charge on any atom is 0.164 e. The van der Waals surface area contributed by atoms with Crippen molar-refractivity contribution >= 4 is 65.0 Å². The van der Waals surface area contributed by atoms with Crippen LogP contribution in [0.1, 0.15) is 0 Å². The lowest BCUT2D eigenvalue weighted by atomic mass is 9.92. The molecule has 2 heterocycles. The van der Waals surface area contributed by atoms with E-state index in [0.717, 1.165) is 76.7 Å². The summed E-state index contributed by atoms with van der Waals surface area (Å²) in [6.07, 6.45) is 0. The number of furan rings is 1. The van der Waals surface area contributed by atoms with Crippen molar-refractivity contribution in [2.75, 3.05) is 0 Å². The van der Waals surface area contributed by atoms with Gasteiger partial charge in [0.1, 0.15) is 11.2 Å². The molecule has 0 aliphatic carbocycles. The van der Waals surface area contributed by atoms with Gasteiger partial charge in [-0.3, -0.25) is 0 Å². The van der Waals surface area contributed by atoms with Crippen molar-refractivity contribution in [3.05, 3.63) is 200 Å². The lowest BCUT2D eigenvalue weighted by Crippen LogP contribution is -2.01. The summed E-state index contributed by atoms with van der Waals surface area (Å²) in [5.74, 6) is 1.87. The van der Waals surface area contributed by atoms with Gasteiger partial charge in [0.05, 0.1) is 0 Å². The van der Waals surface area contributed by atoms with Gasteiger partial charge >= 0.3 is 0 Å². The highest BCUT2D eigenvalue weighted by Crippen LogP contribution is 2.42. The molecule has 0 radical (unpaired) electrons. The van der Waals surface area contributed by atoms with Crippen molar-refractivity contribution in [1.29, 1.82) is 0 Å². The quantitative estimate of drug-likeness (QED) is 0.164. The fourth-order valence-electron chi connectivity index (χ4n) is 9.00. The highest BCUT2D eigenvalue weighted by atomic mass is 16.3. The van der Waals surface area contributed by atoms with Crippen LogP contribution in [-0.4, -0.2) is 15.0 Å². The first kappa shape index (κ1) is 33.2. The fraction of sp³-hybridized carbons (Fsp3) is 0. The molecule has 12 rings (SSSR count). The summed E-state index contributed by atoms with van der Waals surface area (Å²) in [6, 6.07) is 70.5. The summed E-state index contributed by atoms with van der Waals surface area (Å²) in [7, 11) is 0. The van der Waals surface area contributed by atoms with Crippen molar-refractivity contribution in [2.45, 2.75) is 0 Å². The Balaban J connectivity index is 1.09. The fourth-order valence-corrected chi connectivity index (χ4v) is 9.00. The average Bonchev–Trinajstić information content (AvgIpc) is 3.70. The van der Waals surface area contributed by atoms with E-state index in [4.69, 9.17) is 19.4 Å². The van der Waals surface area contributed by atoms with Gasteiger partial charge in [0.25, 0.3) is 0 Å². The summed E-state index contributed by atoms with van der Waals surface area (Å²) in [6.45, 7) is 0. The molecule has 12 aromatic rings. The molecule has 0 unspecified atom stereocenters. The van der Waals surface area contributed by atoms with Crippen LogP contribution in [0, 0.1) is 0 Å². The number of fused-ring (bicyclic) bond motifs is 8. The summed E-state index contributed by atoms with van der Waals surface area (Å²) < 4.78 is 6.31. The summed E-state index contributed by atoms with van der Waals surface area (Å²) in [4.78, 5) is 16.0. The van der Waals surface area contributed by atoms with E-state index in [1.807, 2.05) is 12.1 Å². The second-order valence-electron chi connectivity index (χ2n) is 15.1. The van der Waals surface area contributed by atoms with E-state index in [9.17, 15) is 0 Å². The Labute approximate surface area is 339 Å². The predicted molar refractivity (Wildman–Crippen MR) is 244 cm³/mol. The lowest BCUT2D eigenvalue weighted by molar-refractivity contribution is 0.669. The Hall–Kier alpha value is -7.95. The summed E-state index contributed by atoms with van der Waals surface area (Å²) in [5.41, 5.74) is 9.17. The lowest BCUT2D eigenvalue weighted by Gasteiger charge is -2.15. The van der Waals surface area contributed by atoms with Crippen LogP contribution in [0.2, 0.25) is 0 Å². The number of nitrogens with zero attached hydrogens (tertiary/aromatic N) is 3. The first-order valence-electron chi connectivity index (χ1n) is 19.9. The van der Waals surface area contributed by atoms with Crippen LogP contribution in [0.15, 0.2) is 205 Å². The van der Waals surface area contributed by atoms with E-state index in [2.05, 4.69) is 188 Å². The molecule has 2 aromatic heterocycles. The Kier molecular flexibility index (Phi) is 7.50. The van der Waals surface area contributed by atoms with E-state index >= 15 is 0 Å². The molecule has 59 heavy (non-hydrogen) atoms. The molecule has 0 bridgehead atoms. The van der Waals surface area contributed by atoms with Crippen LogP contribution in [0.25, 0.3) is 121 Å². The van der Waals surface area contributed by atoms with Gasteiger partial charge in [-0.25, -0.2) is 15.0 Å². The second-order valence-corrected chi connectivity index (χ2v) is 15.1. The number of benzene rings is 10. The smallest absolute Gasteiger partial charge is 0.164 e. The molecule has 4 nitrogen and oxygen atoms in total. The number of para-hydroxylation sites is 1. The maximum atomic E-state index is 6.31. The largest absolute Gasteiger partial charge is 0.456 e. The minimum Gasteiger partial charge on any atom is -0.456 e. The average molecular weight is 752 g/mol. The van der Waals surface area contributed by atoms with E-state index < -0.39 is 0 Å². The Morgan fingerprint density at radius 2 is 0.797 bits per heavy atom. The number of hydrogen-bond donors (Lipinski definition) is 0. The molecule has 0 N–H and O–H groups in total. The Bertz CT molecular complexity index is 3620. The van der Waals surface area contributed by atoms with Crippen LogP contribution >= 0.6 is 0 Å². The molecular weight excluding hydrogens is 719 g/mol. The SMILES string of the molecule is c1ccc(-c2ccc(-c3nc(-c4ccc5c(ccc6ccccc65)c4)nc(-c4cccc5c(-c6cccc7oc8ccccc8c67)cccc45)n3)c3ccccc23)cc1. The molecule has 0 fully saturated rings. The minimum atomic E-state index is 0.620. The molecule has 0 saturated heterocycles. The first-order chi connectivity index (χ1) is 29.2. The highest BCUT2D eigenvalue weighted by molar-refractivity contribution is 6.16. The van der Waals surface area contributed by atoms with Crippen LogP contribution in [0.5, 0.6) is 0 Å².